The zero-order valence-electron chi connectivity index (χ0n) is 12.2. The Labute approximate surface area is 109 Å². The Bertz CT molecular complexity index is 406. The van der Waals surface area contributed by atoms with Crippen LogP contribution in [-0.4, -0.2) is 29.2 Å². The van der Waals surface area contributed by atoms with E-state index in [4.69, 9.17) is 9.57 Å². The van der Waals surface area contributed by atoms with Gasteiger partial charge in [-0.05, 0) is 32.1 Å². The molecule has 1 unspecified atom stereocenters. The number of fused-ring (bicyclic) bond motifs is 1. The predicted molar refractivity (Wildman–Crippen MR) is 68.5 cm³/mol. The lowest BCUT2D eigenvalue weighted by atomic mass is 9.68. The molecule has 0 N–H and O–H groups in total. The molecule has 0 aliphatic carbocycles. The zero-order valence-corrected chi connectivity index (χ0v) is 12.2. The van der Waals surface area contributed by atoms with Crippen molar-refractivity contribution < 1.29 is 14.4 Å². The first kappa shape index (κ1) is 13.4. The van der Waals surface area contributed by atoms with Gasteiger partial charge in [-0.15, -0.1) is 5.06 Å². The largest absolute Gasteiger partial charge is 0.466 e. The van der Waals surface area contributed by atoms with Crippen molar-refractivity contribution in [2.24, 2.45) is 5.41 Å². The molecule has 4 nitrogen and oxygen atoms in total. The van der Waals surface area contributed by atoms with Crippen molar-refractivity contribution in [2.45, 2.75) is 58.5 Å². The molecule has 18 heavy (non-hydrogen) atoms. The number of hydrogen-bond donors (Lipinski definition) is 0. The minimum atomic E-state index is -0.385. The molecule has 2 rings (SSSR count). The average Bonchev–Trinajstić information content (AvgIpc) is 2.75. The molecule has 0 amide bonds. The van der Waals surface area contributed by atoms with Gasteiger partial charge >= 0.3 is 5.97 Å². The summed E-state index contributed by atoms with van der Waals surface area (Å²) in [7, 11) is 1.42. The van der Waals surface area contributed by atoms with E-state index in [2.05, 4.69) is 34.6 Å². The highest BCUT2D eigenvalue weighted by Gasteiger charge is 2.64. The Morgan fingerprint density at radius 2 is 2.00 bits per heavy atom. The molecule has 0 aromatic carbocycles. The summed E-state index contributed by atoms with van der Waals surface area (Å²) >= 11 is 0. The molecular weight excluding hydrogens is 230 g/mol. The second-order valence-corrected chi connectivity index (χ2v) is 6.85. The number of carbonyl (C=O) groups excluding carboxylic acids is 1. The van der Waals surface area contributed by atoms with Crippen LogP contribution in [0.2, 0.25) is 0 Å². The van der Waals surface area contributed by atoms with Gasteiger partial charge in [0.05, 0.1) is 23.8 Å². The van der Waals surface area contributed by atoms with Crippen LogP contribution >= 0.6 is 0 Å². The monoisotopic (exact) mass is 253 g/mol. The van der Waals surface area contributed by atoms with Crippen LogP contribution in [0.1, 0.15) is 47.5 Å². The molecule has 2 aliphatic rings. The Balaban J connectivity index is 2.52. The molecule has 102 valence electrons. The molecule has 4 heteroatoms. The summed E-state index contributed by atoms with van der Waals surface area (Å²) in [4.78, 5) is 17.8. The predicted octanol–water partition coefficient (Wildman–Crippen LogP) is 2.65. The summed E-state index contributed by atoms with van der Waals surface area (Å²) in [6.07, 6.45) is 3.47. The highest BCUT2D eigenvalue weighted by Crippen LogP contribution is 2.56. The summed E-state index contributed by atoms with van der Waals surface area (Å²) < 4.78 is 4.92. The van der Waals surface area contributed by atoms with E-state index in [9.17, 15) is 4.79 Å². The lowest BCUT2D eigenvalue weighted by Crippen LogP contribution is -2.56. The number of esters is 1. The van der Waals surface area contributed by atoms with Crippen molar-refractivity contribution in [3.05, 3.63) is 11.8 Å². The number of rotatable bonds is 1. The summed E-state index contributed by atoms with van der Waals surface area (Å²) in [5.74, 6) is -0.287. The normalized spacial score (nSPS) is 30.7. The van der Waals surface area contributed by atoms with E-state index in [0.717, 1.165) is 12.8 Å². The van der Waals surface area contributed by atoms with E-state index < -0.39 is 0 Å². The molecule has 0 bridgehead atoms. The molecule has 0 saturated carbocycles. The smallest absolute Gasteiger partial charge is 0.339 e. The minimum Gasteiger partial charge on any atom is -0.466 e. The molecule has 2 aliphatic heterocycles. The molecular formula is C14H23NO3. The highest BCUT2D eigenvalue weighted by atomic mass is 16.7. The third-order valence-electron chi connectivity index (χ3n) is 4.36. The molecule has 0 radical (unpaired) electrons. The first-order valence-electron chi connectivity index (χ1n) is 6.43. The molecule has 1 saturated heterocycles. The first-order valence-corrected chi connectivity index (χ1v) is 6.43. The molecule has 0 aromatic heterocycles. The Morgan fingerprint density at radius 3 is 2.50 bits per heavy atom. The quantitative estimate of drug-likeness (QED) is 0.673. The fourth-order valence-corrected chi connectivity index (χ4v) is 3.30. The fraction of sp³-hybridized carbons (Fsp3) is 0.786. The number of methoxy groups -OCH3 is 1. The lowest BCUT2D eigenvalue weighted by molar-refractivity contribution is -0.201. The van der Waals surface area contributed by atoms with Crippen LogP contribution in [-0.2, 0) is 14.4 Å². The minimum absolute atomic E-state index is 0.0699. The fourth-order valence-electron chi connectivity index (χ4n) is 3.30. The Kier molecular flexibility index (Phi) is 2.78. The van der Waals surface area contributed by atoms with Crippen molar-refractivity contribution in [3.8, 4) is 0 Å². The van der Waals surface area contributed by atoms with Gasteiger partial charge in [0.25, 0.3) is 0 Å². The second-order valence-electron chi connectivity index (χ2n) is 6.85. The van der Waals surface area contributed by atoms with Crippen molar-refractivity contribution in [3.63, 3.8) is 0 Å². The second kappa shape index (κ2) is 3.73. The van der Waals surface area contributed by atoms with E-state index in [1.807, 2.05) is 5.06 Å². The van der Waals surface area contributed by atoms with Gasteiger partial charge in [0.1, 0.15) is 6.26 Å². The molecule has 0 spiro atoms. The maximum Gasteiger partial charge on any atom is 0.339 e. The summed E-state index contributed by atoms with van der Waals surface area (Å²) in [5.41, 5.74) is 0.0866. The van der Waals surface area contributed by atoms with Gasteiger partial charge in [-0.3, -0.25) is 0 Å². The molecule has 1 atom stereocenters. The summed E-state index contributed by atoms with van der Waals surface area (Å²) in [6, 6.07) is 0. The van der Waals surface area contributed by atoms with Gasteiger partial charge in [0.15, 0.2) is 0 Å². The van der Waals surface area contributed by atoms with Crippen molar-refractivity contribution in [1.29, 1.82) is 0 Å². The van der Waals surface area contributed by atoms with Gasteiger partial charge in [-0.25, -0.2) is 4.79 Å². The first-order chi connectivity index (χ1) is 8.17. The van der Waals surface area contributed by atoms with E-state index in [0.29, 0.717) is 5.57 Å². The van der Waals surface area contributed by atoms with E-state index >= 15 is 0 Å². The van der Waals surface area contributed by atoms with Gasteiger partial charge in [0, 0.05) is 0 Å². The average molecular weight is 253 g/mol. The number of hydroxylamine groups is 2. The number of ether oxygens (including phenoxy) is 1. The van der Waals surface area contributed by atoms with E-state index in [1.54, 1.807) is 6.26 Å². The zero-order chi connectivity index (χ0) is 13.8. The number of hydrogen-bond acceptors (Lipinski definition) is 4. The number of nitrogens with zero attached hydrogens (tertiary/aromatic N) is 1. The Hall–Kier alpha value is -1.03. The maximum absolute atomic E-state index is 12.0. The van der Waals surface area contributed by atoms with Crippen LogP contribution in [0.4, 0.5) is 0 Å². The number of carbonyl (C=O) groups is 1. The van der Waals surface area contributed by atoms with Crippen LogP contribution < -0.4 is 0 Å². The lowest BCUT2D eigenvalue weighted by Gasteiger charge is -2.45. The summed E-state index contributed by atoms with van der Waals surface area (Å²) in [5, 5.41) is 1.99. The van der Waals surface area contributed by atoms with Gasteiger partial charge < -0.3 is 9.57 Å². The third kappa shape index (κ3) is 1.51. The van der Waals surface area contributed by atoms with Crippen LogP contribution in [0.15, 0.2) is 11.8 Å². The van der Waals surface area contributed by atoms with Gasteiger partial charge in [-0.2, -0.15) is 0 Å². The molecule has 2 heterocycles. The van der Waals surface area contributed by atoms with Crippen LogP contribution in [0.5, 0.6) is 0 Å². The molecule has 1 fully saturated rings. The highest BCUT2D eigenvalue weighted by molar-refractivity contribution is 5.91. The topological polar surface area (TPSA) is 38.8 Å². The van der Waals surface area contributed by atoms with E-state index in [-0.39, 0.29) is 22.5 Å². The standard InChI is InChI=1S/C14H23NO3/c1-12(2,3)14-8-7-13(4,5)15(14)18-9-10(14)11(16)17-6/h9H,7-8H2,1-6H3. The SMILES string of the molecule is COC(=O)C1=CON2C(C)(C)CCC12C(C)(C)C. The van der Waals surface area contributed by atoms with Crippen LogP contribution in [0, 0.1) is 5.41 Å². The van der Waals surface area contributed by atoms with Crippen LogP contribution in [0.3, 0.4) is 0 Å². The van der Waals surface area contributed by atoms with Crippen molar-refractivity contribution in [1.82, 2.24) is 5.06 Å². The van der Waals surface area contributed by atoms with Crippen molar-refractivity contribution in [2.75, 3.05) is 7.11 Å². The molecule has 0 aromatic rings. The maximum atomic E-state index is 12.0. The third-order valence-corrected chi connectivity index (χ3v) is 4.36. The van der Waals surface area contributed by atoms with Gasteiger partial charge in [-0.1, -0.05) is 20.8 Å². The summed E-state index contributed by atoms with van der Waals surface area (Å²) in [6.45, 7) is 10.7. The van der Waals surface area contributed by atoms with Crippen LogP contribution in [0.25, 0.3) is 0 Å². The Morgan fingerprint density at radius 1 is 1.39 bits per heavy atom. The van der Waals surface area contributed by atoms with E-state index in [1.165, 1.54) is 7.11 Å². The van der Waals surface area contributed by atoms with Gasteiger partial charge in [0.2, 0.25) is 0 Å². The van der Waals surface area contributed by atoms with Crippen molar-refractivity contribution >= 4 is 5.97 Å².